The van der Waals surface area contributed by atoms with Crippen LogP contribution in [-0.2, 0) is 17.8 Å². The van der Waals surface area contributed by atoms with Gasteiger partial charge in [0, 0.05) is 23.5 Å². The maximum atomic E-state index is 12.5. The van der Waals surface area contributed by atoms with Gasteiger partial charge in [0.25, 0.3) is 0 Å². The van der Waals surface area contributed by atoms with Gasteiger partial charge in [0.2, 0.25) is 5.91 Å². The molecule has 3 rings (SSSR count). The Morgan fingerprint density at radius 2 is 1.92 bits per heavy atom. The summed E-state index contributed by atoms with van der Waals surface area (Å²) in [6.07, 6.45) is 3.44. The van der Waals surface area contributed by atoms with Gasteiger partial charge in [0.15, 0.2) is 0 Å². The van der Waals surface area contributed by atoms with E-state index in [0.29, 0.717) is 12.3 Å². The third-order valence-corrected chi connectivity index (χ3v) is 4.24. The molecule has 0 fully saturated rings. The van der Waals surface area contributed by atoms with Crippen LogP contribution in [0.5, 0.6) is 0 Å². The fourth-order valence-electron chi connectivity index (χ4n) is 2.92. The van der Waals surface area contributed by atoms with Gasteiger partial charge >= 0.3 is 0 Å². The van der Waals surface area contributed by atoms with Crippen LogP contribution in [-0.4, -0.2) is 30.5 Å². The second kappa shape index (κ2) is 7.51. The Hall–Kier alpha value is -2.96. The molecule has 2 heterocycles. The van der Waals surface area contributed by atoms with Crippen LogP contribution in [0.25, 0.3) is 5.69 Å². The number of hydrogen-bond donors (Lipinski definition) is 1. The van der Waals surface area contributed by atoms with Gasteiger partial charge in [-0.2, -0.15) is 10.2 Å². The lowest BCUT2D eigenvalue weighted by atomic mass is 10.1. The van der Waals surface area contributed by atoms with Gasteiger partial charge < -0.3 is 5.32 Å². The Morgan fingerprint density at radius 3 is 2.54 bits per heavy atom. The molecule has 0 aliphatic carbocycles. The molecule has 0 aliphatic heterocycles. The molecule has 0 radical (unpaired) electrons. The zero-order chi connectivity index (χ0) is 18.7. The maximum Gasteiger partial charge on any atom is 0.228 e. The molecule has 0 atom stereocenters. The van der Waals surface area contributed by atoms with E-state index in [1.165, 1.54) is 6.33 Å². The lowest BCUT2D eigenvalue weighted by Gasteiger charge is -2.09. The van der Waals surface area contributed by atoms with Gasteiger partial charge in [0.1, 0.15) is 12.7 Å². The summed E-state index contributed by atoms with van der Waals surface area (Å²) in [5, 5.41) is 11.6. The first kappa shape index (κ1) is 17.8. The molecule has 26 heavy (non-hydrogen) atoms. The van der Waals surface area contributed by atoms with E-state index in [0.717, 1.165) is 34.9 Å². The lowest BCUT2D eigenvalue weighted by Crippen LogP contribution is -2.15. The number of hydrogen-bond acceptors (Lipinski definition) is 4. The Kier molecular flexibility index (Phi) is 5.16. The van der Waals surface area contributed by atoms with E-state index >= 15 is 0 Å². The van der Waals surface area contributed by atoms with Crippen molar-refractivity contribution in [3.8, 4) is 5.69 Å². The first-order chi connectivity index (χ1) is 12.4. The van der Waals surface area contributed by atoms with Gasteiger partial charge in [-0.15, -0.1) is 0 Å². The van der Waals surface area contributed by atoms with Crippen molar-refractivity contribution in [2.75, 3.05) is 5.32 Å². The summed E-state index contributed by atoms with van der Waals surface area (Å²) >= 11 is 0. The normalized spacial score (nSPS) is 11.1. The molecule has 7 heteroatoms. The number of amides is 1. The van der Waals surface area contributed by atoms with Gasteiger partial charge in [-0.3, -0.25) is 9.48 Å². The van der Waals surface area contributed by atoms with Crippen molar-refractivity contribution in [1.82, 2.24) is 24.5 Å². The first-order valence-electron chi connectivity index (χ1n) is 8.72. The SMILES string of the molecule is Cc1nn(CC(C)C)c(C)c1CC(=O)Nc1ccc(-n2cncn2)cc1. The Bertz CT molecular complexity index is 878. The first-order valence-corrected chi connectivity index (χ1v) is 8.72. The molecule has 0 unspecified atom stereocenters. The average Bonchev–Trinajstić information content (AvgIpc) is 3.20. The lowest BCUT2D eigenvalue weighted by molar-refractivity contribution is -0.115. The standard InChI is InChI=1S/C19H24N6O/c1-13(2)10-24-15(4)18(14(3)23-24)9-19(26)22-16-5-7-17(8-6-16)25-12-20-11-21-25/h5-8,11-13H,9-10H2,1-4H3,(H,22,26). The van der Waals surface area contributed by atoms with Crippen LogP contribution in [0.3, 0.4) is 0 Å². The molecule has 0 saturated carbocycles. The van der Waals surface area contributed by atoms with Gasteiger partial charge in [-0.1, -0.05) is 13.8 Å². The quantitative estimate of drug-likeness (QED) is 0.740. The molecule has 0 aliphatic rings. The molecule has 0 saturated heterocycles. The summed E-state index contributed by atoms with van der Waals surface area (Å²) in [4.78, 5) is 16.4. The van der Waals surface area contributed by atoms with E-state index < -0.39 is 0 Å². The number of nitrogens with zero attached hydrogens (tertiary/aromatic N) is 5. The van der Waals surface area contributed by atoms with Crippen molar-refractivity contribution in [2.24, 2.45) is 5.92 Å². The van der Waals surface area contributed by atoms with Crippen molar-refractivity contribution in [3.05, 3.63) is 53.9 Å². The van der Waals surface area contributed by atoms with Gasteiger partial charge in [-0.25, -0.2) is 9.67 Å². The molecule has 3 aromatic rings. The monoisotopic (exact) mass is 352 g/mol. The molecule has 0 spiro atoms. The number of rotatable bonds is 6. The minimum atomic E-state index is -0.0474. The van der Waals surface area contributed by atoms with E-state index in [-0.39, 0.29) is 5.91 Å². The predicted octanol–water partition coefficient (Wildman–Crippen LogP) is 2.92. The third-order valence-electron chi connectivity index (χ3n) is 4.24. The van der Waals surface area contributed by atoms with E-state index in [9.17, 15) is 4.79 Å². The minimum Gasteiger partial charge on any atom is -0.326 e. The van der Waals surface area contributed by atoms with Crippen LogP contribution in [0.1, 0.15) is 30.8 Å². The van der Waals surface area contributed by atoms with Crippen LogP contribution in [0.2, 0.25) is 0 Å². The summed E-state index contributed by atoms with van der Waals surface area (Å²) in [6.45, 7) is 9.16. The topological polar surface area (TPSA) is 77.6 Å². The summed E-state index contributed by atoms with van der Waals surface area (Å²) in [5.74, 6) is 0.465. The van der Waals surface area contributed by atoms with Crippen LogP contribution in [0, 0.1) is 19.8 Å². The van der Waals surface area contributed by atoms with Crippen LogP contribution in [0.4, 0.5) is 5.69 Å². The maximum absolute atomic E-state index is 12.5. The molecule has 1 N–H and O–H groups in total. The van der Waals surface area contributed by atoms with Crippen LogP contribution < -0.4 is 5.32 Å². The highest BCUT2D eigenvalue weighted by atomic mass is 16.1. The number of carbonyl (C=O) groups excluding carboxylic acids is 1. The van der Waals surface area contributed by atoms with Crippen molar-refractivity contribution in [1.29, 1.82) is 0 Å². The number of anilines is 1. The van der Waals surface area contributed by atoms with Crippen LogP contribution >= 0.6 is 0 Å². The molecule has 7 nitrogen and oxygen atoms in total. The number of carbonyl (C=O) groups is 1. The summed E-state index contributed by atoms with van der Waals surface area (Å²) in [6, 6.07) is 7.50. The number of nitrogens with one attached hydrogen (secondary N) is 1. The second-order valence-corrected chi connectivity index (χ2v) is 6.84. The van der Waals surface area contributed by atoms with E-state index in [1.807, 2.05) is 42.8 Å². The zero-order valence-corrected chi connectivity index (χ0v) is 15.6. The smallest absolute Gasteiger partial charge is 0.228 e. The van der Waals surface area contributed by atoms with E-state index in [4.69, 9.17) is 0 Å². The predicted molar refractivity (Wildman–Crippen MR) is 100 cm³/mol. The van der Waals surface area contributed by atoms with Crippen molar-refractivity contribution >= 4 is 11.6 Å². The van der Waals surface area contributed by atoms with Gasteiger partial charge in [0.05, 0.1) is 17.8 Å². The molecular weight excluding hydrogens is 328 g/mol. The molecule has 1 amide bonds. The zero-order valence-electron chi connectivity index (χ0n) is 15.6. The Balaban J connectivity index is 1.67. The van der Waals surface area contributed by atoms with E-state index in [2.05, 4.69) is 34.3 Å². The molecular formula is C19H24N6O. The Labute approximate surface area is 153 Å². The number of aryl methyl sites for hydroxylation is 1. The average molecular weight is 352 g/mol. The van der Waals surface area contributed by atoms with Crippen molar-refractivity contribution < 1.29 is 4.79 Å². The second-order valence-electron chi connectivity index (χ2n) is 6.84. The highest BCUT2D eigenvalue weighted by Crippen LogP contribution is 2.17. The fraction of sp³-hybridized carbons (Fsp3) is 0.368. The minimum absolute atomic E-state index is 0.0474. The number of aromatic nitrogens is 5. The third kappa shape index (κ3) is 3.99. The van der Waals surface area contributed by atoms with Gasteiger partial charge in [-0.05, 0) is 44.0 Å². The molecule has 2 aromatic heterocycles. The van der Waals surface area contributed by atoms with Crippen molar-refractivity contribution in [3.63, 3.8) is 0 Å². The summed E-state index contributed by atoms with van der Waals surface area (Å²) < 4.78 is 3.66. The molecule has 136 valence electrons. The fourth-order valence-corrected chi connectivity index (χ4v) is 2.92. The summed E-state index contributed by atoms with van der Waals surface area (Å²) in [5.41, 5.74) is 4.63. The van der Waals surface area contributed by atoms with Crippen molar-refractivity contribution in [2.45, 2.75) is 40.7 Å². The summed E-state index contributed by atoms with van der Waals surface area (Å²) in [7, 11) is 0. The highest BCUT2D eigenvalue weighted by molar-refractivity contribution is 5.92. The number of benzene rings is 1. The Morgan fingerprint density at radius 1 is 1.19 bits per heavy atom. The largest absolute Gasteiger partial charge is 0.326 e. The molecule has 0 bridgehead atoms. The van der Waals surface area contributed by atoms with Crippen LogP contribution in [0.15, 0.2) is 36.9 Å². The highest BCUT2D eigenvalue weighted by Gasteiger charge is 2.15. The van der Waals surface area contributed by atoms with E-state index in [1.54, 1.807) is 11.0 Å². The molecule has 1 aromatic carbocycles.